The van der Waals surface area contributed by atoms with Gasteiger partial charge in [-0.25, -0.2) is 0 Å². The molecule has 0 heterocycles. The van der Waals surface area contributed by atoms with E-state index >= 15 is 0 Å². The highest BCUT2D eigenvalue weighted by molar-refractivity contribution is 5.55. The van der Waals surface area contributed by atoms with Crippen molar-refractivity contribution in [1.82, 2.24) is 0 Å². The molecule has 0 amide bonds. The van der Waals surface area contributed by atoms with Crippen molar-refractivity contribution < 1.29 is 0 Å². The first kappa shape index (κ1) is 58.6. The van der Waals surface area contributed by atoms with Gasteiger partial charge >= 0.3 is 0 Å². The Labute approximate surface area is 490 Å². The van der Waals surface area contributed by atoms with Crippen molar-refractivity contribution >= 4 is 0 Å². The number of aryl methyl sites for hydroxylation is 7. The Balaban J connectivity index is 0.000000214. The van der Waals surface area contributed by atoms with Crippen molar-refractivity contribution in [3.05, 3.63) is 315 Å². The molecule has 0 spiro atoms. The summed E-state index contributed by atoms with van der Waals surface area (Å²) in [5.74, 6) is 0.683. The minimum Gasteiger partial charge on any atom is -0.0590 e. The first-order chi connectivity index (χ1) is 38.7. The topological polar surface area (TPSA) is 0 Å². The highest BCUT2D eigenvalue weighted by atomic mass is 14.4. The van der Waals surface area contributed by atoms with Crippen LogP contribution in [-0.2, 0) is 36.5 Å². The molecule has 0 nitrogen and oxygen atoms in total. The number of hydrogen-bond donors (Lipinski definition) is 0. The smallest absolute Gasteiger partial charge is 0.0423 e. The van der Waals surface area contributed by atoms with Crippen LogP contribution in [0.15, 0.2) is 170 Å². The minimum atomic E-state index is -0.214. The van der Waals surface area contributed by atoms with Gasteiger partial charge in [0.05, 0.1) is 0 Å². The summed E-state index contributed by atoms with van der Waals surface area (Å²) in [5, 5.41) is 0. The van der Waals surface area contributed by atoms with Crippen molar-refractivity contribution in [3.63, 3.8) is 0 Å². The SMILES string of the molecule is Cc1ccc(C(C)(C)c2ccc(C(C)(c3ccc(C)cc3)c3ccc(C)cc3)cc2)cc1.Cc1ccc(Cc2c(C)c(C)cc(Cc3cc(C4CCCCC4)cc(Cc4cc(C)c(C)c(Cc5ccc(C)cc5)c4C)c3C)c2C)cc1. The fourth-order valence-electron chi connectivity index (χ4n) is 13.0. The summed E-state index contributed by atoms with van der Waals surface area (Å²) in [6.07, 6.45) is 10.8. The third-order valence-corrected chi connectivity index (χ3v) is 19.4. The molecule has 0 heteroatoms. The quantitative estimate of drug-likeness (QED) is 0.0952. The van der Waals surface area contributed by atoms with Gasteiger partial charge in [0.2, 0.25) is 0 Å². The van der Waals surface area contributed by atoms with Crippen molar-refractivity contribution in [2.45, 2.75) is 178 Å². The van der Waals surface area contributed by atoms with E-state index in [0.717, 1.165) is 25.7 Å². The van der Waals surface area contributed by atoms with Gasteiger partial charge in [0.15, 0.2) is 0 Å². The molecule has 1 fully saturated rings. The fourth-order valence-corrected chi connectivity index (χ4v) is 13.0. The maximum Gasteiger partial charge on any atom is 0.0423 e. The molecule has 416 valence electrons. The van der Waals surface area contributed by atoms with Gasteiger partial charge in [-0.05, 0) is 251 Å². The third kappa shape index (κ3) is 13.2. The maximum absolute atomic E-state index is 2.61. The van der Waals surface area contributed by atoms with Gasteiger partial charge in [0, 0.05) is 10.8 Å². The molecule has 0 bridgehead atoms. The lowest BCUT2D eigenvalue weighted by atomic mass is 9.70. The predicted octanol–water partition coefficient (Wildman–Crippen LogP) is 21.2. The molecule has 0 radical (unpaired) electrons. The lowest BCUT2D eigenvalue weighted by Crippen LogP contribution is -2.26. The second kappa shape index (κ2) is 25.0. The highest BCUT2D eigenvalue weighted by Crippen LogP contribution is 2.42. The molecule has 9 aromatic rings. The van der Waals surface area contributed by atoms with E-state index in [-0.39, 0.29) is 10.8 Å². The van der Waals surface area contributed by atoms with Crippen LogP contribution < -0.4 is 0 Å². The molecule has 0 N–H and O–H groups in total. The van der Waals surface area contributed by atoms with Crippen LogP contribution in [-0.4, -0.2) is 0 Å². The van der Waals surface area contributed by atoms with Crippen LogP contribution in [0.5, 0.6) is 0 Å². The number of rotatable bonds is 14. The molecule has 9 aromatic carbocycles. The average molecular weight is 1070 g/mol. The van der Waals surface area contributed by atoms with E-state index in [1.54, 1.807) is 5.56 Å². The van der Waals surface area contributed by atoms with Crippen LogP contribution >= 0.6 is 0 Å². The Bertz CT molecular complexity index is 3410. The van der Waals surface area contributed by atoms with Gasteiger partial charge in [-0.15, -0.1) is 0 Å². The Morgan fingerprint density at radius 3 is 0.963 bits per heavy atom. The van der Waals surface area contributed by atoms with Crippen LogP contribution in [0.25, 0.3) is 0 Å². The Kier molecular flexibility index (Phi) is 18.1. The molecule has 81 heavy (non-hydrogen) atoms. The fraction of sp³-hybridized carbons (Fsp3) is 0.333. The van der Waals surface area contributed by atoms with Crippen molar-refractivity contribution in [3.8, 4) is 0 Å². The maximum atomic E-state index is 2.61. The molecular weight excluding hydrogens is 973 g/mol. The van der Waals surface area contributed by atoms with Gasteiger partial charge in [0.1, 0.15) is 0 Å². The summed E-state index contributed by atoms with van der Waals surface area (Å²) >= 11 is 0. The zero-order chi connectivity index (χ0) is 57.8. The summed E-state index contributed by atoms with van der Waals surface area (Å²) in [6.45, 7) is 34.2. The van der Waals surface area contributed by atoms with Crippen LogP contribution in [0.4, 0.5) is 0 Å². The molecule has 0 saturated heterocycles. The molecule has 1 saturated carbocycles. The molecule has 0 atom stereocenters. The first-order valence-corrected chi connectivity index (χ1v) is 30.4. The molecular formula is C81H92. The zero-order valence-electron chi connectivity index (χ0n) is 52.1. The van der Waals surface area contributed by atoms with E-state index in [1.165, 1.54) is 171 Å². The lowest BCUT2D eigenvalue weighted by Gasteiger charge is -2.33. The summed E-state index contributed by atoms with van der Waals surface area (Å²) in [6, 6.07) is 64.6. The number of hydrogen-bond acceptors (Lipinski definition) is 0. The second-order valence-electron chi connectivity index (χ2n) is 25.6. The standard InChI is InChI=1S/C49H58.C32H34/c1-31-15-19-40(20-16-31)25-48-35(5)33(3)23-43(38(48)8)27-45-29-47(42-13-11-10-12-14-42)30-46(37(45)7)28-44-24-34(4)36(6)49(39(44)9)26-41-21-17-32(2)18-22-41;1-23-7-13-26(14-8-23)31(4,5)27-19-21-30(22-20-27)32(6,28-15-9-24(2)10-16-28)29-17-11-25(3)12-18-29/h15-24,29-30,42H,10-14,25-28H2,1-9H3;7-22H,1-6H3. The van der Waals surface area contributed by atoms with Crippen molar-refractivity contribution in [1.29, 1.82) is 0 Å². The van der Waals surface area contributed by atoms with Crippen LogP contribution in [0.1, 0.15) is 203 Å². The van der Waals surface area contributed by atoms with Crippen molar-refractivity contribution in [2.24, 2.45) is 0 Å². The Morgan fingerprint density at radius 1 is 0.309 bits per heavy atom. The lowest BCUT2D eigenvalue weighted by molar-refractivity contribution is 0.443. The van der Waals surface area contributed by atoms with Gasteiger partial charge < -0.3 is 0 Å². The summed E-state index contributed by atoms with van der Waals surface area (Å²) in [5.41, 5.74) is 36.4. The summed E-state index contributed by atoms with van der Waals surface area (Å²) in [4.78, 5) is 0. The number of benzene rings is 9. The van der Waals surface area contributed by atoms with Gasteiger partial charge in [-0.3, -0.25) is 0 Å². The largest absolute Gasteiger partial charge is 0.0590 e. The second-order valence-corrected chi connectivity index (χ2v) is 25.6. The highest BCUT2D eigenvalue weighted by Gasteiger charge is 2.32. The van der Waals surface area contributed by atoms with Crippen LogP contribution in [0, 0.1) is 83.1 Å². The van der Waals surface area contributed by atoms with E-state index in [0.29, 0.717) is 5.92 Å². The van der Waals surface area contributed by atoms with Gasteiger partial charge in [-0.1, -0.05) is 231 Å². The molecule has 1 aliphatic rings. The van der Waals surface area contributed by atoms with Crippen molar-refractivity contribution in [2.75, 3.05) is 0 Å². The first-order valence-electron chi connectivity index (χ1n) is 30.4. The van der Waals surface area contributed by atoms with E-state index < -0.39 is 0 Å². The summed E-state index contributed by atoms with van der Waals surface area (Å²) in [7, 11) is 0. The predicted molar refractivity (Wildman–Crippen MR) is 350 cm³/mol. The Hall–Kier alpha value is -7.02. The Morgan fingerprint density at radius 2 is 0.605 bits per heavy atom. The van der Waals surface area contributed by atoms with E-state index in [1.807, 2.05) is 0 Å². The molecule has 0 aliphatic heterocycles. The zero-order valence-corrected chi connectivity index (χ0v) is 52.1. The molecule has 1 aliphatic carbocycles. The van der Waals surface area contributed by atoms with E-state index in [4.69, 9.17) is 0 Å². The molecule has 10 rings (SSSR count). The molecule has 0 aromatic heterocycles. The normalized spacial score (nSPS) is 13.0. The van der Waals surface area contributed by atoms with E-state index in [9.17, 15) is 0 Å². The minimum absolute atomic E-state index is 0.0453. The third-order valence-electron chi connectivity index (χ3n) is 19.4. The van der Waals surface area contributed by atoms with E-state index in [2.05, 4.69) is 274 Å². The van der Waals surface area contributed by atoms with Crippen LogP contribution in [0.2, 0.25) is 0 Å². The average Bonchev–Trinajstić information content (AvgIpc) is 3.59. The summed E-state index contributed by atoms with van der Waals surface area (Å²) < 4.78 is 0. The van der Waals surface area contributed by atoms with Gasteiger partial charge in [-0.2, -0.15) is 0 Å². The van der Waals surface area contributed by atoms with Gasteiger partial charge in [0.25, 0.3) is 0 Å². The van der Waals surface area contributed by atoms with Crippen LogP contribution in [0.3, 0.4) is 0 Å². The monoisotopic (exact) mass is 1060 g/mol. The molecule has 0 unspecified atom stereocenters.